The van der Waals surface area contributed by atoms with Crippen LogP contribution in [0.2, 0.25) is 0 Å². The third-order valence-electron chi connectivity index (χ3n) is 4.31. The fourth-order valence-corrected chi connectivity index (χ4v) is 2.92. The zero-order chi connectivity index (χ0) is 18.7. The smallest absolute Gasteiger partial charge is 0.261 e. The van der Waals surface area contributed by atoms with E-state index < -0.39 is 0 Å². The number of methoxy groups -OCH3 is 3. The standard InChI is InChI=1S/C21H21NO4/c1-22-13-18(14-5-9-16(24-2)10-6-14)20(26-4)19(21(22)23)15-7-11-17(25-3)12-8-15/h5-13H,1-4H3. The van der Waals surface area contributed by atoms with E-state index in [4.69, 9.17) is 14.2 Å². The van der Waals surface area contributed by atoms with E-state index in [2.05, 4.69) is 0 Å². The fraction of sp³-hybridized carbons (Fsp3) is 0.190. The first-order valence-corrected chi connectivity index (χ1v) is 8.15. The molecule has 0 aliphatic rings. The molecule has 5 nitrogen and oxygen atoms in total. The molecular weight excluding hydrogens is 330 g/mol. The van der Waals surface area contributed by atoms with Crippen LogP contribution in [0.4, 0.5) is 0 Å². The lowest BCUT2D eigenvalue weighted by atomic mass is 9.99. The lowest BCUT2D eigenvalue weighted by Crippen LogP contribution is -2.19. The van der Waals surface area contributed by atoms with Gasteiger partial charge in [-0.25, -0.2) is 0 Å². The van der Waals surface area contributed by atoms with Crippen molar-refractivity contribution in [3.8, 4) is 39.5 Å². The number of rotatable bonds is 5. The minimum absolute atomic E-state index is 0.121. The molecule has 134 valence electrons. The SMILES string of the molecule is COc1ccc(-c2cn(C)c(=O)c(-c3ccc(OC)cc3)c2OC)cc1. The molecular formula is C21H21NO4. The number of hydrogen-bond acceptors (Lipinski definition) is 4. The van der Waals surface area contributed by atoms with Gasteiger partial charge in [-0.1, -0.05) is 24.3 Å². The molecule has 0 atom stereocenters. The third kappa shape index (κ3) is 3.16. The maximum absolute atomic E-state index is 12.8. The molecule has 0 fully saturated rings. The second-order valence-corrected chi connectivity index (χ2v) is 5.82. The maximum atomic E-state index is 12.8. The number of benzene rings is 2. The first-order valence-electron chi connectivity index (χ1n) is 8.15. The van der Waals surface area contributed by atoms with Crippen LogP contribution in [-0.2, 0) is 7.05 Å². The van der Waals surface area contributed by atoms with Crippen molar-refractivity contribution in [3.63, 3.8) is 0 Å². The molecule has 5 heteroatoms. The van der Waals surface area contributed by atoms with Gasteiger partial charge >= 0.3 is 0 Å². The first kappa shape index (κ1) is 17.6. The van der Waals surface area contributed by atoms with E-state index in [1.54, 1.807) is 39.1 Å². The predicted octanol–water partition coefficient (Wildman–Crippen LogP) is 3.75. The van der Waals surface area contributed by atoms with Crippen LogP contribution in [-0.4, -0.2) is 25.9 Å². The summed E-state index contributed by atoms with van der Waals surface area (Å²) in [6.07, 6.45) is 1.79. The minimum Gasteiger partial charge on any atom is -0.497 e. The molecule has 1 heterocycles. The Bertz CT molecular complexity index is 957. The maximum Gasteiger partial charge on any atom is 0.261 e. The van der Waals surface area contributed by atoms with Crippen molar-refractivity contribution in [1.29, 1.82) is 0 Å². The van der Waals surface area contributed by atoms with Gasteiger partial charge in [0.25, 0.3) is 5.56 Å². The molecule has 0 saturated carbocycles. The molecule has 26 heavy (non-hydrogen) atoms. The molecule has 0 aliphatic heterocycles. The summed E-state index contributed by atoms with van der Waals surface area (Å²) < 4.78 is 17.7. The van der Waals surface area contributed by atoms with E-state index in [1.807, 2.05) is 48.5 Å². The second-order valence-electron chi connectivity index (χ2n) is 5.82. The molecule has 0 unspecified atom stereocenters. The average molecular weight is 351 g/mol. The number of pyridine rings is 1. The molecule has 0 spiro atoms. The number of aryl methyl sites for hydroxylation is 1. The highest BCUT2D eigenvalue weighted by Gasteiger charge is 2.18. The molecule has 0 radical (unpaired) electrons. The van der Waals surface area contributed by atoms with Crippen molar-refractivity contribution in [1.82, 2.24) is 4.57 Å². The van der Waals surface area contributed by atoms with Crippen LogP contribution in [0.1, 0.15) is 0 Å². The predicted molar refractivity (Wildman–Crippen MR) is 102 cm³/mol. The normalized spacial score (nSPS) is 10.5. The number of aromatic nitrogens is 1. The Kier molecular flexibility index (Phi) is 4.98. The zero-order valence-electron chi connectivity index (χ0n) is 15.3. The second kappa shape index (κ2) is 7.35. The lowest BCUT2D eigenvalue weighted by Gasteiger charge is -2.16. The van der Waals surface area contributed by atoms with E-state index >= 15 is 0 Å². The van der Waals surface area contributed by atoms with Crippen molar-refractivity contribution in [3.05, 3.63) is 65.1 Å². The summed E-state index contributed by atoms with van der Waals surface area (Å²) in [6.45, 7) is 0. The van der Waals surface area contributed by atoms with Gasteiger partial charge in [0.1, 0.15) is 17.2 Å². The minimum atomic E-state index is -0.121. The van der Waals surface area contributed by atoms with Gasteiger partial charge in [0.05, 0.1) is 26.9 Å². The van der Waals surface area contributed by atoms with Crippen LogP contribution >= 0.6 is 0 Å². The Balaban J connectivity index is 2.23. The highest BCUT2D eigenvalue weighted by Crippen LogP contribution is 2.37. The van der Waals surface area contributed by atoms with Gasteiger partial charge in [0.15, 0.2) is 0 Å². The Labute approximate surface area is 152 Å². The van der Waals surface area contributed by atoms with Gasteiger partial charge < -0.3 is 18.8 Å². The average Bonchev–Trinajstić information content (AvgIpc) is 2.69. The van der Waals surface area contributed by atoms with Crippen molar-refractivity contribution >= 4 is 0 Å². The van der Waals surface area contributed by atoms with Crippen LogP contribution in [0, 0.1) is 0 Å². The summed E-state index contributed by atoms with van der Waals surface area (Å²) in [7, 11) is 6.55. The van der Waals surface area contributed by atoms with E-state index in [0.29, 0.717) is 11.3 Å². The van der Waals surface area contributed by atoms with Crippen LogP contribution in [0.15, 0.2) is 59.5 Å². The quantitative estimate of drug-likeness (QED) is 0.702. The van der Waals surface area contributed by atoms with Gasteiger partial charge in [-0.05, 0) is 35.4 Å². The van der Waals surface area contributed by atoms with Gasteiger partial charge in [-0.15, -0.1) is 0 Å². The molecule has 1 aromatic heterocycles. The molecule has 0 N–H and O–H groups in total. The zero-order valence-corrected chi connectivity index (χ0v) is 15.3. The molecule has 2 aromatic carbocycles. The summed E-state index contributed by atoms with van der Waals surface area (Å²) in [5, 5.41) is 0. The van der Waals surface area contributed by atoms with E-state index in [9.17, 15) is 4.79 Å². The Morgan fingerprint density at radius 1 is 0.731 bits per heavy atom. The molecule has 0 amide bonds. The van der Waals surface area contributed by atoms with Gasteiger partial charge in [0.2, 0.25) is 0 Å². The van der Waals surface area contributed by atoms with E-state index in [1.165, 1.54) is 0 Å². The highest BCUT2D eigenvalue weighted by atomic mass is 16.5. The fourth-order valence-electron chi connectivity index (χ4n) is 2.92. The molecule has 0 saturated heterocycles. The topological polar surface area (TPSA) is 49.7 Å². The summed E-state index contributed by atoms with van der Waals surface area (Å²) >= 11 is 0. The third-order valence-corrected chi connectivity index (χ3v) is 4.31. The van der Waals surface area contributed by atoms with E-state index in [0.717, 1.165) is 28.2 Å². The van der Waals surface area contributed by atoms with Crippen molar-refractivity contribution in [2.45, 2.75) is 0 Å². The lowest BCUT2D eigenvalue weighted by molar-refractivity contribution is 0.413. The Morgan fingerprint density at radius 3 is 1.69 bits per heavy atom. The summed E-state index contributed by atoms with van der Waals surface area (Å²) in [4.78, 5) is 12.8. The van der Waals surface area contributed by atoms with Crippen LogP contribution < -0.4 is 19.8 Å². The van der Waals surface area contributed by atoms with Crippen LogP contribution in [0.3, 0.4) is 0 Å². The van der Waals surface area contributed by atoms with Crippen molar-refractivity contribution < 1.29 is 14.2 Å². The van der Waals surface area contributed by atoms with Gasteiger partial charge in [-0.2, -0.15) is 0 Å². The molecule has 0 bridgehead atoms. The van der Waals surface area contributed by atoms with Crippen LogP contribution in [0.25, 0.3) is 22.3 Å². The van der Waals surface area contributed by atoms with Gasteiger partial charge in [0, 0.05) is 18.8 Å². The van der Waals surface area contributed by atoms with Crippen molar-refractivity contribution in [2.75, 3.05) is 21.3 Å². The van der Waals surface area contributed by atoms with E-state index in [-0.39, 0.29) is 5.56 Å². The Morgan fingerprint density at radius 2 is 1.23 bits per heavy atom. The number of ether oxygens (including phenoxy) is 3. The first-order chi connectivity index (χ1) is 12.6. The monoisotopic (exact) mass is 351 g/mol. The molecule has 0 aliphatic carbocycles. The number of nitrogens with zero attached hydrogens (tertiary/aromatic N) is 1. The van der Waals surface area contributed by atoms with Gasteiger partial charge in [-0.3, -0.25) is 4.79 Å². The Hall–Kier alpha value is -3.21. The summed E-state index contributed by atoms with van der Waals surface area (Å²) in [5.74, 6) is 2.05. The van der Waals surface area contributed by atoms with Crippen LogP contribution in [0.5, 0.6) is 17.2 Å². The molecule has 3 aromatic rings. The van der Waals surface area contributed by atoms with Crippen molar-refractivity contribution in [2.24, 2.45) is 7.05 Å². The molecule has 3 rings (SSSR count). The highest BCUT2D eigenvalue weighted by molar-refractivity contribution is 5.81. The largest absolute Gasteiger partial charge is 0.497 e. The summed E-state index contributed by atoms with van der Waals surface area (Å²) in [5.41, 5.74) is 2.95. The number of hydrogen-bond donors (Lipinski definition) is 0. The summed E-state index contributed by atoms with van der Waals surface area (Å²) in [6, 6.07) is 15.0.